The molecule has 0 aliphatic carbocycles. The van der Waals surface area contributed by atoms with Crippen molar-refractivity contribution in [2.75, 3.05) is 5.32 Å². The van der Waals surface area contributed by atoms with Gasteiger partial charge in [-0.2, -0.15) is 0 Å². The fourth-order valence-corrected chi connectivity index (χ4v) is 2.68. The topological polar surface area (TPSA) is 83.5 Å². The molecule has 0 aromatic heterocycles. The molecule has 5 nitrogen and oxygen atoms in total. The number of carboxylic acids is 1. The van der Waals surface area contributed by atoms with Gasteiger partial charge in [0, 0.05) is 30.5 Å². The van der Waals surface area contributed by atoms with Crippen LogP contribution in [0.5, 0.6) is 0 Å². The molecule has 136 valence electrons. The summed E-state index contributed by atoms with van der Waals surface area (Å²) in [5.74, 6) is -1.14. The molecule has 0 heterocycles. The predicted octanol–water partition coefficient (Wildman–Crippen LogP) is 3.92. The van der Waals surface area contributed by atoms with Crippen LogP contribution in [0.1, 0.15) is 46.3 Å². The maximum Gasteiger partial charge on any atom is 0.303 e. The number of carboxylic acid groups (broad SMARTS) is 1. The van der Waals surface area contributed by atoms with Gasteiger partial charge in [-0.1, -0.05) is 29.8 Å². The zero-order valence-electron chi connectivity index (χ0n) is 15.0. The summed E-state index contributed by atoms with van der Waals surface area (Å²) in [4.78, 5) is 35.1. The highest BCUT2D eigenvalue weighted by Gasteiger charge is 2.12. The third kappa shape index (κ3) is 5.84. The molecule has 0 radical (unpaired) electrons. The number of aryl methyl sites for hydroxylation is 3. The first-order chi connectivity index (χ1) is 12.3. The standard InChI is InChI=1S/C21H23NO4/c1-14-6-7-15(2)18(12-14)19(23)9-10-20(24)22-17-5-3-4-16(13-17)8-11-21(25)26/h3-7,12-13H,8-11H2,1-2H3,(H,22,24)(H,25,26). The Labute approximate surface area is 153 Å². The van der Waals surface area contributed by atoms with E-state index in [1.165, 1.54) is 0 Å². The maximum atomic E-state index is 12.3. The zero-order valence-corrected chi connectivity index (χ0v) is 15.0. The van der Waals surface area contributed by atoms with Gasteiger partial charge in [-0.05, 0) is 49.6 Å². The first-order valence-corrected chi connectivity index (χ1v) is 8.56. The number of Topliss-reactive ketones (excluding diaryl/α,β-unsaturated/α-hetero) is 1. The van der Waals surface area contributed by atoms with Crippen LogP contribution in [0.2, 0.25) is 0 Å². The van der Waals surface area contributed by atoms with Gasteiger partial charge >= 0.3 is 5.97 Å². The Hall–Kier alpha value is -2.95. The van der Waals surface area contributed by atoms with Crippen LogP contribution in [0.25, 0.3) is 0 Å². The Kier molecular flexibility index (Phi) is 6.67. The second-order valence-electron chi connectivity index (χ2n) is 6.38. The van der Waals surface area contributed by atoms with Crippen LogP contribution < -0.4 is 5.32 Å². The van der Waals surface area contributed by atoms with Gasteiger partial charge in [0.1, 0.15) is 0 Å². The molecule has 0 aliphatic heterocycles. The van der Waals surface area contributed by atoms with E-state index in [4.69, 9.17) is 5.11 Å². The van der Waals surface area contributed by atoms with Crippen LogP contribution in [-0.2, 0) is 16.0 Å². The molecule has 0 saturated carbocycles. The highest BCUT2D eigenvalue weighted by Crippen LogP contribution is 2.16. The molecule has 2 N–H and O–H groups in total. The maximum absolute atomic E-state index is 12.3. The quantitative estimate of drug-likeness (QED) is 0.705. The third-order valence-corrected chi connectivity index (χ3v) is 4.11. The van der Waals surface area contributed by atoms with Gasteiger partial charge in [0.2, 0.25) is 5.91 Å². The minimum Gasteiger partial charge on any atom is -0.481 e. The zero-order chi connectivity index (χ0) is 19.1. The summed E-state index contributed by atoms with van der Waals surface area (Å²) in [5, 5.41) is 11.5. The Bertz CT molecular complexity index is 827. The number of rotatable bonds is 8. The second kappa shape index (κ2) is 8.94. The molecule has 1 amide bonds. The lowest BCUT2D eigenvalue weighted by atomic mass is 9.99. The number of nitrogens with one attached hydrogen (secondary N) is 1. The highest BCUT2D eigenvalue weighted by molar-refractivity contribution is 6.01. The van der Waals surface area contributed by atoms with Crippen LogP contribution in [0, 0.1) is 13.8 Å². The molecule has 0 fully saturated rings. The van der Waals surface area contributed by atoms with Crippen molar-refractivity contribution in [2.24, 2.45) is 0 Å². The normalized spacial score (nSPS) is 10.4. The summed E-state index contributed by atoms with van der Waals surface area (Å²) in [6, 6.07) is 12.8. The molecule has 5 heteroatoms. The summed E-state index contributed by atoms with van der Waals surface area (Å²) in [6.07, 6.45) is 0.701. The molecule has 2 rings (SSSR count). The van der Waals surface area contributed by atoms with Crippen LogP contribution in [0.15, 0.2) is 42.5 Å². The summed E-state index contributed by atoms with van der Waals surface area (Å²) < 4.78 is 0. The van der Waals surface area contributed by atoms with Crippen molar-refractivity contribution in [1.82, 2.24) is 0 Å². The molecular formula is C21H23NO4. The first-order valence-electron chi connectivity index (χ1n) is 8.56. The van der Waals surface area contributed by atoms with Gasteiger partial charge in [-0.3, -0.25) is 14.4 Å². The molecule has 0 saturated heterocycles. The molecule has 0 spiro atoms. The van der Waals surface area contributed by atoms with E-state index < -0.39 is 5.97 Å². The van der Waals surface area contributed by atoms with E-state index in [0.29, 0.717) is 17.7 Å². The van der Waals surface area contributed by atoms with Crippen molar-refractivity contribution in [3.63, 3.8) is 0 Å². The molecular weight excluding hydrogens is 330 g/mol. The average Bonchev–Trinajstić information content (AvgIpc) is 2.60. The lowest BCUT2D eigenvalue weighted by Crippen LogP contribution is -2.14. The SMILES string of the molecule is Cc1ccc(C)c(C(=O)CCC(=O)Nc2cccc(CCC(=O)O)c2)c1. The number of carbonyl (C=O) groups is 3. The number of amides is 1. The molecule has 26 heavy (non-hydrogen) atoms. The summed E-state index contributed by atoms with van der Waals surface area (Å²) in [7, 11) is 0. The van der Waals surface area contributed by atoms with E-state index in [9.17, 15) is 14.4 Å². The van der Waals surface area contributed by atoms with E-state index in [1.807, 2.05) is 38.1 Å². The Morgan fingerprint density at radius 3 is 2.46 bits per heavy atom. The number of anilines is 1. The lowest BCUT2D eigenvalue weighted by Gasteiger charge is -2.08. The van der Waals surface area contributed by atoms with Gasteiger partial charge in [-0.25, -0.2) is 0 Å². The molecule has 2 aromatic carbocycles. The largest absolute Gasteiger partial charge is 0.481 e. The molecule has 2 aromatic rings. The molecule has 0 aliphatic rings. The number of hydrogen-bond donors (Lipinski definition) is 2. The number of hydrogen-bond acceptors (Lipinski definition) is 3. The van der Waals surface area contributed by atoms with Gasteiger partial charge in [0.25, 0.3) is 0 Å². The van der Waals surface area contributed by atoms with Crippen molar-refractivity contribution < 1.29 is 19.5 Å². The van der Waals surface area contributed by atoms with Gasteiger partial charge in [-0.15, -0.1) is 0 Å². The minimum absolute atomic E-state index is 0.0434. The summed E-state index contributed by atoms with van der Waals surface area (Å²) in [6.45, 7) is 3.82. The van der Waals surface area contributed by atoms with E-state index in [-0.39, 0.29) is 31.0 Å². The van der Waals surface area contributed by atoms with E-state index in [1.54, 1.807) is 18.2 Å². The number of aliphatic carboxylic acids is 1. The molecule has 0 bridgehead atoms. The molecule has 0 atom stereocenters. The summed E-state index contributed by atoms with van der Waals surface area (Å²) in [5.41, 5.74) is 4.04. The van der Waals surface area contributed by atoms with Gasteiger partial charge in [0.05, 0.1) is 0 Å². The van der Waals surface area contributed by atoms with E-state index in [2.05, 4.69) is 5.32 Å². The van der Waals surface area contributed by atoms with Crippen molar-refractivity contribution in [3.05, 3.63) is 64.7 Å². The first kappa shape index (κ1) is 19.4. The second-order valence-corrected chi connectivity index (χ2v) is 6.38. The lowest BCUT2D eigenvalue weighted by molar-refractivity contribution is -0.137. The fraction of sp³-hybridized carbons (Fsp3) is 0.286. The smallest absolute Gasteiger partial charge is 0.303 e. The Morgan fingerprint density at radius 2 is 1.73 bits per heavy atom. The third-order valence-electron chi connectivity index (χ3n) is 4.11. The van der Waals surface area contributed by atoms with Crippen molar-refractivity contribution in [3.8, 4) is 0 Å². The van der Waals surface area contributed by atoms with Crippen LogP contribution in [0.3, 0.4) is 0 Å². The van der Waals surface area contributed by atoms with Gasteiger partial charge < -0.3 is 10.4 Å². The number of ketones is 1. The van der Waals surface area contributed by atoms with Crippen LogP contribution in [0.4, 0.5) is 5.69 Å². The average molecular weight is 353 g/mol. The summed E-state index contributed by atoms with van der Waals surface area (Å²) >= 11 is 0. The van der Waals surface area contributed by atoms with Crippen molar-refractivity contribution in [2.45, 2.75) is 39.5 Å². The Balaban J connectivity index is 1.90. The Morgan fingerprint density at radius 1 is 0.962 bits per heavy atom. The minimum atomic E-state index is -0.857. The van der Waals surface area contributed by atoms with Crippen molar-refractivity contribution >= 4 is 23.3 Å². The van der Waals surface area contributed by atoms with Crippen LogP contribution >= 0.6 is 0 Å². The fourth-order valence-electron chi connectivity index (χ4n) is 2.68. The number of benzene rings is 2. The van der Waals surface area contributed by atoms with Crippen molar-refractivity contribution in [1.29, 1.82) is 0 Å². The highest BCUT2D eigenvalue weighted by atomic mass is 16.4. The molecule has 0 unspecified atom stereocenters. The predicted molar refractivity (Wildman–Crippen MR) is 101 cm³/mol. The number of carbonyl (C=O) groups excluding carboxylic acids is 2. The van der Waals surface area contributed by atoms with Crippen LogP contribution in [-0.4, -0.2) is 22.8 Å². The van der Waals surface area contributed by atoms with E-state index >= 15 is 0 Å². The van der Waals surface area contributed by atoms with Gasteiger partial charge in [0.15, 0.2) is 5.78 Å². The monoisotopic (exact) mass is 353 g/mol. The van der Waals surface area contributed by atoms with E-state index in [0.717, 1.165) is 16.7 Å².